The molecule has 4 aromatic rings. The van der Waals surface area contributed by atoms with Crippen LogP contribution in [0.25, 0.3) is 23.0 Å². The highest BCUT2D eigenvalue weighted by Gasteiger charge is 2.28. The summed E-state index contributed by atoms with van der Waals surface area (Å²) in [6.45, 7) is 5.18. The van der Waals surface area contributed by atoms with E-state index in [4.69, 9.17) is 9.26 Å². The Hall–Kier alpha value is -2.84. The van der Waals surface area contributed by atoms with Gasteiger partial charge in [0.05, 0.1) is 18.8 Å². The molecular weight excluding hydrogens is 434 g/mol. The molecule has 7 nitrogen and oxygen atoms in total. The summed E-state index contributed by atoms with van der Waals surface area (Å²) >= 11 is 3.46. The van der Waals surface area contributed by atoms with Gasteiger partial charge in [-0.2, -0.15) is 4.98 Å². The number of fused-ring (bicyclic) bond motifs is 1. The Morgan fingerprint density at radius 1 is 1.14 bits per heavy atom. The van der Waals surface area contributed by atoms with Crippen LogP contribution < -0.4 is 0 Å². The van der Waals surface area contributed by atoms with Gasteiger partial charge >= 0.3 is 0 Å². The molecule has 29 heavy (non-hydrogen) atoms. The van der Waals surface area contributed by atoms with Crippen LogP contribution in [0.2, 0.25) is 0 Å². The Kier molecular flexibility index (Phi) is 4.52. The molecular formula is C21H18BrN5O2. The lowest BCUT2D eigenvalue weighted by atomic mass is 10.0. The van der Waals surface area contributed by atoms with E-state index in [9.17, 15) is 0 Å². The quantitative estimate of drug-likeness (QED) is 0.451. The molecule has 0 saturated carbocycles. The molecule has 0 saturated heterocycles. The van der Waals surface area contributed by atoms with E-state index >= 15 is 0 Å². The molecule has 146 valence electrons. The fraction of sp³-hybridized carbons (Fsp3) is 0.238. The zero-order chi connectivity index (χ0) is 20.0. The van der Waals surface area contributed by atoms with E-state index in [2.05, 4.69) is 68.4 Å². The molecule has 0 bridgehead atoms. The molecule has 1 aliphatic heterocycles. The average molecular weight is 452 g/mol. The van der Waals surface area contributed by atoms with Gasteiger partial charge < -0.3 is 9.26 Å². The van der Waals surface area contributed by atoms with Crippen LogP contribution in [-0.2, 0) is 17.9 Å². The van der Waals surface area contributed by atoms with Crippen molar-refractivity contribution < 1.29 is 9.26 Å². The van der Waals surface area contributed by atoms with E-state index in [-0.39, 0.29) is 6.10 Å². The van der Waals surface area contributed by atoms with Gasteiger partial charge in [0.15, 0.2) is 5.69 Å². The van der Waals surface area contributed by atoms with Gasteiger partial charge in [0.1, 0.15) is 6.10 Å². The maximum Gasteiger partial charge on any atom is 0.280 e. The summed E-state index contributed by atoms with van der Waals surface area (Å²) in [5.74, 6) is 0.850. The maximum atomic E-state index is 6.14. The van der Waals surface area contributed by atoms with Gasteiger partial charge in [0, 0.05) is 10.0 Å². The molecule has 0 amide bonds. The summed E-state index contributed by atoms with van der Waals surface area (Å²) in [5.41, 5.74) is 5.90. The standard InChI is InChI=1S/C21H18BrN5O2/c1-12-6-7-16(13(2)8-12)18-10-27-17(11-28-18)19(24-26-27)21-23-20(25-29-21)14-4-3-5-15(22)9-14/h3-9,18H,10-11H2,1-2H3/t18-/m1/s1. The minimum Gasteiger partial charge on any atom is -0.365 e. The van der Waals surface area contributed by atoms with Gasteiger partial charge in [0.25, 0.3) is 5.89 Å². The molecule has 0 fully saturated rings. The smallest absolute Gasteiger partial charge is 0.280 e. The topological polar surface area (TPSA) is 78.9 Å². The van der Waals surface area contributed by atoms with Crippen molar-refractivity contribution in [3.63, 3.8) is 0 Å². The van der Waals surface area contributed by atoms with E-state index < -0.39 is 0 Å². The molecule has 3 heterocycles. The normalized spacial score (nSPS) is 16.0. The van der Waals surface area contributed by atoms with Gasteiger partial charge in [-0.15, -0.1) is 5.10 Å². The van der Waals surface area contributed by atoms with Crippen LogP contribution in [0.5, 0.6) is 0 Å². The zero-order valence-corrected chi connectivity index (χ0v) is 17.5. The number of nitrogens with zero attached hydrogens (tertiary/aromatic N) is 5. The number of ether oxygens (including phenoxy) is 1. The SMILES string of the molecule is Cc1ccc([C@H]2Cn3nnc(-c4nc(-c5cccc(Br)c5)no4)c3CO2)c(C)c1. The molecule has 0 spiro atoms. The maximum absolute atomic E-state index is 6.14. The monoisotopic (exact) mass is 451 g/mol. The number of aromatic nitrogens is 5. The minimum atomic E-state index is -0.0578. The Balaban J connectivity index is 1.42. The van der Waals surface area contributed by atoms with Crippen molar-refractivity contribution in [2.75, 3.05) is 0 Å². The Bertz CT molecular complexity index is 1200. The van der Waals surface area contributed by atoms with E-state index in [1.807, 2.05) is 28.9 Å². The first-order valence-corrected chi connectivity index (χ1v) is 10.1. The van der Waals surface area contributed by atoms with Gasteiger partial charge in [-0.1, -0.05) is 62.2 Å². The molecule has 2 aromatic heterocycles. The summed E-state index contributed by atoms with van der Waals surface area (Å²) in [6.07, 6.45) is -0.0578. The third-order valence-electron chi connectivity index (χ3n) is 5.08. The Morgan fingerprint density at radius 3 is 2.86 bits per heavy atom. The van der Waals surface area contributed by atoms with Crippen LogP contribution >= 0.6 is 15.9 Å². The summed E-state index contributed by atoms with van der Waals surface area (Å²) in [6, 6.07) is 14.1. The summed E-state index contributed by atoms with van der Waals surface area (Å²) in [5, 5.41) is 12.7. The number of halogens is 1. The number of benzene rings is 2. The molecule has 0 N–H and O–H groups in total. The molecule has 0 aliphatic carbocycles. The highest BCUT2D eigenvalue weighted by atomic mass is 79.9. The molecule has 8 heteroatoms. The van der Waals surface area contributed by atoms with Gasteiger partial charge in [-0.25, -0.2) is 4.68 Å². The van der Waals surface area contributed by atoms with Crippen molar-refractivity contribution in [1.82, 2.24) is 25.1 Å². The third-order valence-corrected chi connectivity index (χ3v) is 5.57. The van der Waals surface area contributed by atoms with Crippen LogP contribution in [0, 0.1) is 13.8 Å². The van der Waals surface area contributed by atoms with Crippen molar-refractivity contribution in [3.8, 4) is 23.0 Å². The van der Waals surface area contributed by atoms with Crippen LogP contribution in [0.15, 0.2) is 51.5 Å². The third kappa shape index (κ3) is 3.38. The second-order valence-corrected chi connectivity index (χ2v) is 8.08. The van der Waals surface area contributed by atoms with Crippen LogP contribution in [0.4, 0.5) is 0 Å². The lowest BCUT2D eigenvalue weighted by Crippen LogP contribution is -2.22. The lowest BCUT2D eigenvalue weighted by molar-refractivity contribution is -0.00153. The second-order valence-electron chi connectivity index (χ2n) is 7.16. The Labute approximate surface area is 175 Å². The number of aryl methyl sites for hydroxylation is 2. The first kappa shape index (κ1) is 18.2. The number of rotatable bonds is 3. The van der Waals surface area contributed by atoms with Crippen molar-refractivity contribution in [3.05, 3.63) is 69.3 Å². The van der Waals surface area contributed by atoms with Crippen molar-refractivity contribution in [1.29, 1.82) is 0 Å². The molecule has 5 rings (SSSR count). The van der Waals surface area contributed by atoms with E-state index in [1.165, 1.54) is 16.7 Å². The van der Waals surface area contributed by atoms with Crippen molar-refractivity contribution >= 4 is 15.9 Å². The summed E-state index contributed by atoms with van der Waals surface area (Å²) < 4.78 is 14.4. The van der Waals surface area contributed by atoms with E-state index in [0.717, 1.165) is 15.7 Å². The first-order valence-electron chi connectivity index (χ1n) is 9.29. The van der Waals surface area contributed by atoms with Crippen LogP contribution in [-0.4, -0.2) is 25.1 Å². The predicted molar refractivity (Wildman–Crippen MR) is 110 cm³/mol. The Morgan fingerprint density at radius 2 is 2.03 bits per heavy atom. The fourth-order valence-corrected chi connectivity index (χ4v) is 4.02. The second kappa shape index (κ2) is 7.20. The molecule has 0 radical (unpaired) electrons. The van der Waals surface area contributed by atoms with Crippen molar-refractivity contribution in [2.24, 2.45) is 0 Å². The highest BCUT2D eigenvalue weighted by Crippen LogP contribution is 2.32. The lowest BCUT2D eigenvalue weighted by Gasteiger charge is -2.25. The predicted octanol–water partition coefficient (Wildman–Crippen LogP) is 4.65. The summed E-state index contributed by atoms with van der Waals surface area (Å²) in [4.78, 5) is 4.50. The summed E-state index contributed by atoms with van der Waals surface area (Å²) in [7, 11) is 0. The van der Waals surface area contributed by atoms with E-state index in [0.29, 0.717) is 30.6 Å². The number of hydrogen-bond donors (Lipinski definition) is 0. The minimum absolute atomic E-state index is 0.0578. The first-order chi connectivity index (χ1) is 14.1. The molecule has 1 atom stereocenters. The molecule has 1 aliphatic rings. The average Bonchev–Trinajstić information content (AvgIpc) is 3.34. The van der Waals surface area contributed by atoms with E-state index in [1.54, 1.807) is 0 Å². The zero-order valence-electron chi connectivity index (χ0n) is 16.0. The molecule has 2 aromatic carbocycles. The van der Waals surface area contributed by atoms with Crippen LogP contribution in [0.1, 0.15) is 28.5 Å². The number of hydrogen-bond acceptors (Lipinski definition) is 6. The highest BCUT2D eigenvalue weighted by molar-refractivity contribution is 9.10. The van der Waals surface area contributed by atoms with Crippen molar-refractivity contribution in [2.45, 2.75) is 33.1 Å². The van der Waals surface area contributed by atoms with Gasteiger partial charge in [-0.05, 0) is 37.1 Å². The van der Waals surface area contributed by atoms with Crippen LogP contribution in [0.3, 0.4) is 0 Å². The molecule has 0 unspecified atom stereocenters. The van der Waals surface area contributed by atoms with Gasteiger partial charge in [-0.3, -0.25) is 0 Å². The fourth-order valence-electron chi connectivity index (χ4n) is 3.62. The largest absolute Gasteiger partial charge is 0.365 e. The van der Waals surface area contributed by atoms with Gasteiger partial charge in [0.2, 0.25) is 5.82 Å².